The zero-order valence-corrected chi connectivity index (χ0v) is 8.95. The largest absolute Gasteiger partial charge is 0.381 e. The standard InChI is InChI=1S/C10H17NO4/c1-2-3-9(12)11-15-10(13)8-4-6-14-7-5-8/h8H,2-7H2,1H3,(H,11,12). The molecule has 5 heteroatoms. The number of carbonyl (C=O) groups is 2. The maximum absolute atomic E-state index is 11.4. The molecule has 1 N–H and O–H groups in total. The van der Waals surface area contributed by atoms with E-state index in [0.717, 1.165) is 6.42 Å². The van der Waals surface area contributed by atoms with E-state index in [0.29, 0.717) is 32.5 Å². The number of ether oxygens (including phenoxy) is 1. The summed E-state index contributed by atoms with van der Waals surface area (Å²) in [6.07, 6.45) is 2.45. The molecule has 0 radical (unpaired) electrons. The highest BCUT2D eigenvalue weighted by Gasteiger charge is 2.23. The molecule has 1 heterocycles. The minimum absolute atomic E-state index is 0.138. The van der Waals surface area contributed by atoms with Crippen molar-refractivity contribution >= 4 is 11.9 Å². The van der Waals surface area contributed by atoms with Crippen LogP contribution in [-0.4, -0.2) is 25.1 Å². The van der Waals surface area contributed by atoms with Crippen LogP contribution < -0.4 is 5.48 Å². The minimum Gasteiger partial charge on any atom is -0.381 e. The number of hydrogen-bond donors (Lipinski definition) is 1. The monoisotopic (exact) mass is 215 g/mol. The third kappa shape index (κ3) is 4.29. The van der Waals surface area contributed by atoms with Crippen molar-refractivity contribution in [3.63, 3.8) is 0 Å². The van der Waals surface area contributed by atoms with E-state index in [4.69, 9.17) is 9.57 Å². The van der Waals surface area contributed by atoms with Crippen LogP contribution in [-0.2, 0) is 19.2 Å². The number of hydrogen-bond acceptors (Lipinski definition) is 4. The average Bonchev–Trinajstić information content (AvgIpc) is 2.27. The van der Waals surface area contributed by atoms with Crippen molar-refractivity contribution in [2.45, 2.75) is 32.6 Å². The molecule has 1 aliphatic heterocycles. The van der Waals surface area contributed by atoms with E-state index in [1.54, 1.807) is 0 Å². The zero-order chi connectivity index (χ0) is 11.1. The molecular weight excluding hydrogens is 198 g/mol. The van der Waals surface area contributed by atoms with Gasteiger partial charge in [0.1, 0.15) is 0 Å². The van der Waals surface area contributed by atoms with Crippen LogP contribution in [0.2, 0.25) is 0 Å². The first-order valence-corrected chi connectivity index (χ1v) is 5.31. The van der Waals surface area contributed by atoms with Gasteiger partial charge >= 0.3 is 5.97 Å². The van der Waals surface area contributed by atoms with E-state index in [-0.39, 0.29) is 17.8 Å². The van der Waals surface area contributed by atoms with E-state index in [9.17, 15) is 9.59 Å². The average molecular weight is 215 g/mol. The van der Waals surface area contributed by atoms with Crippen molar-refractivity contribution in [1.29, 1.82) is 0 Å². The molecule has 1 rings (SSSR count). The van der Waals surface area contributed by atoms with Crippen molar-refractivity contribution < 1.29 is 19.2 Å². The van der Waals surface area contributed by atoms with Crippen LogP contribution in [0.3, 0.4) is 0 Å². The van der Waals surface area contributed by atoms with Gasteiger partial charge in [0.2, 0.25) is 0 Å². The Labute approximate surface area is 89.1 Å². The van der Waals surface area contributed by atoms with Crippen LogP contribution in [0.25, 0.3) is 0 Å². The summed E-state index contributed by atoms with van der Waals surface area (Å²) < 4.78 is 5.12. The minimum atomic E-state index is -0.359. The van der Waals surface area contributed by atoms with Crippen molar-refractivity contribution in [1.82, 2.24) is 5.48 Å². The summed E-state index contributed by atoms with van der Waals surface area (Å²) >= 11 is 0. The Morgan fingerprint density at radius 2 is 2.07 bits per heavy atom. The molecule has 0 atom stereocenters. The van der Waals surface area contributed by atoms with Crippen LogP contribution in [0.1, 0.15) is 32.6 Å². The first-order chi connectivity index (χ1) is 7.24. The van der Waals surface area contributed by atoms with Gasteiger partial charge in [0.25, 0.3) is 5.91 Å². The second kappa shape index (κ2) is 6.40. The fourth-order valence-corrected chi connectivity index (χ4v) is 1.40. The second-order valence-electron chi connectivity index (χ2n) is 3.58. The lowest BCUT2D eigenvalue weighted by Crippen LogP contribution is -2.32. The van der Waals surface area contributed by atoms with Gasteiger partial charge < -0.3 is 9.57 Å². The molecule has 0 aromatic rings. The zero-order valence-electron chi connectivity index (χ0n) is 8.95. The van der Waals surface area contributed by atoms with E-state index in [1.165, 1.54) is 0 Å². The lowest BCUT2D eigenvalue weighted by atomic mass is 10.0. The highest BCUT2D eigenvalue weighted by molar-refractivity contribution is 5.78. The Morgan fingerprint density at radius 3 is 2.67 bits per heavy atom. The van der Waals surface area contributed by atoms with Gasteiger partial charge in [0.15, 0.2) is 0 Å². The smallest absolute Gasteiger partial charge is 0.335 e. The first kappa shape index (κ1) is 12.0. The number of nitrogens with one attached hydrogen (secondary N) is 1. The van der Waals surface area contributed by atoms with Gasteiger partial charge in [-0.1, -0.05) is 6.92 Å². The lowest BCUT2D eigenvalue weighted by Gasteiger charge is -2.19. The summed E-state index contributed by atoms with van der Waals surface area (Å²) in [6, 6.07) is 0. The lowest BCUT2D eigenvalue weighted by molar-refractivity contribution is -0.164. The predicted molar refractivity (Wildman–Crippen MR) is 52.7 cm³/mol. The fraction of sp³-hybridized carbons (Fsp3) is 0.800. The van der Waals surface area contributed by atoms with Gasteiger partial charge in [-0.25, -0.2) is 4.79 Å². The Hall–Kier alpha value is -1.10. The topological polar surface area (TPSA) is 64.6 Å². The molecule has 86 valence electrons. The maximum atomic E-state index is 11.4. The van der Waals surface area contributed by atoms with Gasteiger partial charge in [0.05, 0.1) is 5.92 Å². The van der Waals surface area contributed by atoms with E-state index in [1.807, 2.05) is 6.92 Å². The van der Waals surface area contributed by atoms with Gasteiger partial charge in [-0.3, -0.25) is 4.79 Å². The second-order valence-corrected chi connectivity index (χ2v) is 3.58. The SMILES string of the molecule is CCCC(=O)NOC(=O)C1CCOCC1. The van der Waals surface area contributed by atoms with Gasteiger partial charge in [-0.2, -0.15) is 5.48 Å². The summed E-state index contributed by atoms with van der Waals surface area (Å²) in [7, 11) is 0. The number of hydroxylamine groups is 1. The van der Waals surface area contributed by atoms with E-state index >= 15 is 0 Å². The quantitative estimate of drug-likeness (QED) is 0.707. The summed E-state index contributed by atoms with van der Waals surface area (Å²) in [4.78, 5) is 27.1. The van der Waals surface area contributed by atoms with Crippen molar-refractivity contribution in [2.75, 3.05) is 13.2 Å². The number of carbonyl (C=O) groups excluding carboxylic acids is 2. The third-order valence-corrected chi connectivity index (χ3v) is 2.30. The molecule has 0 aromatic heterocycles. The van der Waals surface area contributed by atoms with Crippen molar-refractivity contribution in [2.24, 2.45) is 5.92 Å². The van der Waals surface area contributed by atoms with Gasteiger partial charge in [-0.05, 0) is 19.3 Å². The molecule has 1 aliphatic rings. The maximum Gasteiger partial charge on any atom is 0.335 e. The molecule has 0 spiro atoms. The number of rotatable bonds is 3. The van der Waals surface area contributed by atoms with Crippen molar-refractivity contribution in [3.8, 4) is 0 Å². The summed E-state index contributed by atoms with van der Waals surface area (Å²) in [5, 5.41) is 0. The molecule has 5 nitrogen and oxygen atoms in total. The first-order valence-electron chi connectivity index (χ1n) is 5.31. The van der Waals surface area contributed by atoms with Crippen LogP contribution in [0, 0.1) is 5.92 Å². The van der Waals surface area contributed by atoms with Crippen LogP contribution >= 0.6 is 0 Å². The van der Waals surface area contributed by atoms with E-state index < -0.39 is 0 Å². The normalized spacial score (nSPS) is 17.1. The molecular formula is C10H17NO4. The summed E-state index contributed by atoms with van der Waals surface area (Å²) in [5.41, 5.74) is 2.15. The molecule has 0 saturated carbocycles. The summed E-state index contributed by atoms with van der Waals surface area (Å²) in [5.74, 6) is -0.749. The molecule has 0 unspecified atom stereocenters. The molecule has 1 saturated heterocycles. The Morgan fingerprint density at radius 1 is 1.40 bits per heavy atom. The number of amides is 1. The molecule has 0 aliphatic carbocycles. The van der Waals surface area contributed by atoms with Crippen LogP contribution in [0.4, 0.5) is 0 Å². The molecule has 15 heavy (non-hydrogen) atoms. The highest BCUT2D eigenvalue weighted by Crippen LogP contribution is 2.15. The van der Waals surface area contributed by atoms with Crippen LogP contribution in [0.15, 0.2) is 0 Å². The van der Waals surface area contributed by atoms with Gasteiger partial charge in [-0.15, -0.1) is 0 Å². The Balaban J connectivity index is 2.19. The molecule has 0 aromatic carbocycles. The Kier molecular flexibility index (Phi) is 5.10. The molecule has 1 amide bonds. The Bertz CT molecular complexity index is 223. The van der Waals surface area contributed by atoms with Gasteiger partial charge in [0, 0.05) is 19.6 Å². The summed E-state index contributed by atoms with van der Waals surface area (Å²) in [6.45, 7) is 3.06. The molecule has 1 fully saturated rings. The predicted octanol–water partition coefficient (Wildman–Crippen LogP) is 0.787. The molecule has 0 bridgehead atoms. The highest BCUT2D eigenvalue weighted by atomic mass is 16.7. The van der Waals surface area contributed by atoms with Crippen LogP contribution in [0.5, 0.6) is 0 Å². The van der Waals surface area contributed by atoms with Crippen molar-refractivity contribution in [3.05, 3.63) is 0 Å². The third-order valence-electron chi connectivity index (χ3n) is 2.30. The fourth-order valence-electron chi connectivity index (χ4n) is 1.40. The van der Waals surface area contributed by atoms with E-state index in [2.05, 4.69) is 5.48 Å².